The van der Waals surface area contributed by atoms with Gasteiger partial charge >= 0.3 is 6.18 Å². The fourth-order valence-electron chi connectivity index (χ4n) is 2.11. The minimum atomic E-state index is -4.58. The van der Waals surface area contributed by atoms with Crippen LogP contribution in [-0.2, 0) is 6.18 Å². The largest absolute Gasteiger partial charge is 0.416 e. The van der Waals surface area contributed by atoms with Gasteiger partial charge in [0, 0.05) is 5.56 Å². The van der Waals surface area contributed by atoms with Gasteiger partial charge in [-0.2, -0.15) is 13.2 Å². The predicted octanol–water partition coefficient (Wildman–Crippen LogP) is 4.34. The highest BCUT2D eigenvalue weighted by Gasteiger charge is 2.32. The fourth-order valence-corrected chi connectivity index (χ4v) is 2.11. The Morgan fingerprint density at radius 3 is 2.19 bits per heavy atom. The van der Waals surface area contributed by atoms with Gasteiger partial charge < -0.3 is 5.73 Å². The molecule has 0 amide bonds. The fraction of sp³-hybridized carbons (Fsp3) is 0.200. The average Bonchev–Trinajstić information content (AvgIpc) is 2.37. The molecule has 0 heterocycles. The molecule has 0 aliphatic carbocycles. The first kappa shape index (κ1) is 15.4. The van der Waals surface area contributed by atoms with Crippen LogP contribution in [0.25, 0.3) is 0 Å². The molecule has 2 aromatic carbocycles. The van der Waals surface area contributed by atoms with Crippen molar-refractivity contribution in [3.63, 3.8) is 0 Å². The summed E-state index contributed by atoms with van der Waals surface area (Å²) in [5.41, 5.74) is 5.41. The lowest BCUT2D eigenvalue weighted by Gasteiger charge is -2.17. The maximum Gasteiger partial charge on any atom is 0.416 e. The van der Waals surface area contributed by atoms with Crippen LogP contribution in [0.2, 0.25) is 0 Å². The Bertz CT molecular complexity index is 664. The van der Waals surface area contributed by atoms with E-state index in [4.69, 9.17) is 5.73 Å². The van der Waals surface area contributed by atoms with Crippen LogP contribution in [0.3, 0.4) is 0 Å². The molecule has 112 valence electrons. The van der Waals surface area contributed by atoms with Gasteiger partial charge in [0.1, 0.15) is 11.6 Å². The van der Waals surface area contributed by atoms with Crippen molar-refractivity contribution in [1.29, 1.82) is 0 Å². The van der Waals surface area contributed by atoms with E-state index >= 15 is 0 Å². The topological polar surface area (TPSA) is 26.0 Å². The van der Waals surface area contributed by atoms with Crippen molar-refractivity contribution in [3.05, 3.63) is 70.3 Å². The normalized spacial score (nSPS) is 13.3. The monoisotopic (exact) mass is 301 g/mol. The summed E-state index contributed by atoms with van der Waals surface area (Å²) in [4.78, 5) is 0. The second kappa shape index (κ2) is 5.44. The summed E-state index contributed by atoms with van der Waals surface area (Å²) in [6.07, 6.45) is -4.58. The highest BCUT2D eigenvalue weighted by molar-refractivity contribution is 5.39. The SMILES string of the molecule is Cc1cc(F)ccc1C(N)c1cc(C(F)(F)F)ccc1F. The molecule has 0 saturated heterocycles. The van der Waals surface area contributed by atoms with Crippen LogP contribution in [0.5, 0.6) is 0 Å². The van der Waals surface area contributed by atoms with Crippen molar-refractivity contribution < 1.29 is 22.0 Å². The van der Waals surface area contributed by atoms with Gasteiger partial charge in [-0.15, -0.1) is 0 Å². The number of hydrogen-bond acceptors (Lipinski definition) is 1. The van der Waals surface area contributed by atoms with Crippen molar-refractivity contribution in [2.75, 3.05) is 0 Å². The van der Waals surface area contributed by atoms with Gasteiger partial charge in [0.05, 0.1) is 11.6 Å². The van der Waals surface area contributed by atoms with Crippen LogP contribution >= 0.6 is 0 Å². The Morgan fingerprint density at radius 2 is 1.62 bits per heavy atom. The Morgan fingerprint density at radius 1 is 0.952 bits per heavy atom. The number of aryl methyl sites for hydroxylation is 1. The van der Waals surface area contributed by atoms with E-state index in [1.165, 1.54) is 12.1 Å². The van der Waals surface area contributed by atoms with Crippen LogP contribution in [0.1, 0.15) is 28.3 Å². The zero-order valence-corrected chi connectivity index (χ0v) is 11.0. The molecule has 0 aliphatic heterocycles. The van der Waals surface area contributed by atoms with E-state index in [-0.39, 0.29) is 5.56 Å². The smallest absolute Gasteiger partial charge is 0.320 e. The van der Waals surface area contributed by atoms with Gasteiger partial charge in [-0.25, -0.2) is 8.78 Å². The quantitative estimate of drug-likeness (QED) is 0.820. The summed E-state index contributed by atoms with van der Waals surface area (Å²) in [5, 5.41) is 0. The Hall–Kier alpha value is -1.95. The highest BCUT2D eigenvalue weighted by atomic mass is 19.4. The third-order valence-corrected chi connectivity index (χ3v) is 3.23. The van der Waals surface area contributed by atoms with Crippen LogP contribution in [0.15, 0.2) is 36.4 Å². The number of benzene rings is 2. The summed E-state index contributed by atoms with van der Waals surface area (Å²) < 4.78 is 64.9. The second-order valence-corrected chi connectivity index (χ2v) is 4.71. The first-order valence-electron chi connectivity index (χ1n) is 6.08. The Kier molecular flexibility index (Phi) is 4.00. The van der Waals surface area contributed by atoms with E-state index in [2.05, 4.69) is 0 Å². The minimum Gasteiger partial charge on any atom is -0.320 e. The van der Waals surface area contributed by atoms with Crippen LogP contribution < -0.4 is 5.73 Å². The van der Waals surface area contributed by atoms with Crippen LogP contribution in [-0.4, -0.2) is 0 Å². The van der Waals surface area contributed by atoms with Crippen LogP contribution in [0, 0.1) is 18.6 Å². The molecule has 2 N–H and O–H groups in total. The van der Waals surface area contributed by atoms with Gasteiger partial charge in [0.25, 0.3) is 0 Å². The summed E-state index contributed by atoms with van der Waals surface area (Å²) in [5.74, 6) is -1.33. The average molecular weight is 301 g/mol. The Labute approximate surface area is 118 Å². The molecule has 2 rings (SSSR count). The standard InChI is InChI=1S/C15H12F5N/c1-8-6-10(16)3-4-11(8)14(21)12-7-9(15(18,19)20)2-5-13(12)17/h2-7,14H,21H2,1H3. The molecular weight excluding hydrogens is 289 g/mol. The van der Waals surface area contributed by atoms with Gasteiger partial charge in [0.15, 0.2) is 0 Å². The third-order valence-electron chi connectivity index (χ3n) is 3.23. The highest BCUT2D eigenvalue weighted by Crippen LogP contribution is 2.33. The summed E-state index contributed by atoms with van der Waals surface area (Å²) in [7, 11) is 0. The molecule has 0 bridgehead atoms. The molecule has 0 aromatic heterocycles. The van der Waals surface area contributed by atoms with E-state index in [1.807, 2.05) is 0 Å². The second-order valence-electron chi connectivity index (χ2n) is 4.71. The van der Waals surface area contributed by atoms with Gasteiger partial charge in [-0.3, -0.25) is 0 Å². The molecule has 1 atom stereocenters. The maximum atomic E-state index is 13.8. The molecule has 0 radical (unpaired) electrons. The number of halogens is 5. The molecule has 1 nitrogen and oxygen atoms in total. The van der Waals surface area contributed by atoms with Crippen molar-refractivity contribution in [2.24, 2.45) is 5.73 Å². The van der Waals surface area contributed by atoms with Crippen molar-refractivity contribution in [3.8, 4) is 0 Å². The lowest BCUT2D eigenvalue weighted by molar-refractivity contribution is -0.137. The van der Waals surface area contributed by atoms with Crippen LogP contribution in [0.4, 0.5) is 22.0 Å². The molecule has 0 aliphatic rings. The Balaban J connectivity index is 2.50. The lowest BCUT2D eigenvalue weighted by Crippen LogP contribution is -2.17. The third kappa shape index (κ3) is 3.21. The molecule has 0 fully saturated rings. The van der Waals surface area contributed by atoms with Crippen molar-refractivity contribution >= 4 is 0 Å². The first-order valence-corrected chi connectivity index (χ1v) is 6.08. The van der Waals surface area contributed by atoms with Crippen molar-refractivity contribution in [2.45, 2.75) is 19.1 Å². The number of alkyl halides is 3. The maximum absolute atomic E-state index is 13.8. The molecule has 0 spiro atoms. The van der Waals surface area contributed by atoms with E-state index in [9.17, 15) is 22.0 Å². The van der Waals surface area contributed by atoms with Gasteiger partial charge in [-0.1, -0.05) is 6.07 Å². The molecule has 1 unspecified atom stereocenters. The first-order chi connectivity index (χ1) is 9.70. The molecule has 0 saturated carbocycles. The molecule has 2 aromatic rings. The predicted molar refractivity (Wildman–Crippen MR) is 68.6 cm³/mol. The van der Waals surface area contributed by atoms with Gasteiger partial charge in [-0.05, 0) is 48.4 Å². The molecule has 6 heteroatoms. The van der Waals surface area contributed by atoms with E-state index in [0.717, 1.165) is 12.1 Å². The number of rotatable bonds is 2. The van der Waals surface area contributed by atoms with E-state index in [1.54, 1.807) is 6.92 Å². The zero-order chi connectivity index (χ0) is 15.8. The van der Waals surface area contributed by atoms with E-state index in [0.29, 0.717) is 23.3 Å². The summed E-state index contributed by atoms with van der Waals surface area (Å²) in [6.45, 7) is 1.56. The minimum absolute atomic E-state index is 0.278. The lowest BCUT2D eigenvalue weighted by atomic mass is 9.94. The van der Waals surface area contributed by atoms with E-state index < -0.39 is 29.4 Å². The van der Waals surface area contributed by atoms with Gasteiger partial charge in [0.2, 0.25) is 0 Å². The summed E-state index contributed by atoms with van der Waals surface area (Å²) >= 11 is 0. The number of nitrogens with two attached hydrogens (primary N) is 1. The summed E-state index contributed by atoms with van der Waals surface area (Å²) in [6, 6.07) is 4.64. The molecular formula is C15H12F5N. The van der Waals surface area contributed by atoms with Crippen molar-refractivity contribution in [1.82, 2.24) is 0 Å². The molecule has 21 heavy (non-hydrogen) atoms. The number of hydrogen-bond donors (Lipinski definition) is 1. The zero-order valence-electron chi connectivity index (χ0n) is 11.0.